The van der Waals surface area contributed by atoms with E-state index < -0.39 is 0 Å². The van der Waals surface area contributed by atoms with Crippen LogP contribution < -0.4 is 5.32 Å². The number of benzene rings is 1. The van der Waals surface area contributed by atoms with Gasteiger partial charge in [-0.3, -0.25) is 4.79 Å². The highest BCUT2D eigenvalue weighted by Gasteiger charge is 2.36. The summed E-state index contributed by atoms with van der Waals surface area (Å²) in [7, 11) is 0. The summed E-state index contributed by atoms with van der Waals surface area (Å²) >= 11 is 0. The standard InChI is InChI=1S/C19H18N2O2/c1-13-9-17(13)18-7-5-16(23-18)6-8-19(22)21-12-15-4-2-3-14(10-15)11-20/h2-8,10,13,17H,9,12H2,1H3,(H,21,22)/b8-6+. The van der Waals surface area contributed by atoms with E-state index in [0.717, 1.165) is 11.3 Å². The number of hydrogen-bond donors (Lipinski definition) is 1. The fourth-order valence-corrected chi connectivity index (χ4v) is 2.53. The largest absolute Gasteiger partial charge is 0.461 e. The first-order valence-corrected chi connectivity index (χ1v) is 7.70. The van der Waals surface area contributed by atoms with Gasteiger partial charge in [0.05, 0.1) is 11.6 Å². The summed E-state index contributed by atoms with van der Waals surface area (Å²) in [5.74, 6) is 2.75. The minimum absolute atomic E-state index is 0.190. The molecule has 1 fully saturated rings. The molecule has 0 aliphatic heterocycles. The van der Waals surface area contributed by atoms with Crippen molar-refractivity contribution < 1.29 is 9.21 Å². The summed E-state index contributed by atoms with van der Waals surface area (Å²) in [6, 6.07) is 13.1. The molecule has 3 rings (SSSR count). The van der Waals surface area contributed by atoms with Gasteiger partial charge in [-0.1, -0.05) is 19.1 Å². The summed E-state index contributed by atoms with van der Waals surface area (Å²) in [5.41, 5.74) is 1.48. The van der Waals surface area contributed by atoms with Gasteiger partial charge in [-0.25, -0.2) is 0 Å². The van der Waals surface area contributed by atoms with Gasteiger partial charge < -0.3 is 9.73 Å². The maximum absolute atomic E-state index is 11.8. The van der Waals surface area contributed by atoms with Gasteiger partial charge in [0.2, 0.25) is 5.91 Å². The summed E-state index contributed by atoms with van der Waals surface area (Å²) < 4.78 is 5.72. The van der Waals surface area contributed by atoms with E-state index in [-0.39, 0.29) is 5.91 Å². The van der Waals surface area contributed by atoms with Gasteiger partial charge in [-0.05, 0) is 48.2 Å². The monoisotopic (exact) mass is 306 g/mol. The molecule has 4 heteroatoms. The fraction of sp³-hybridized carbons (Fsp3) is 0.263. The van der Waals surface area contributed by atoms with Crippen molar-refractivity contribution in [3.8, 4) is 6.07 Å². The Kier molecular flexibility index (Phi) is 4.29. The molecule has 1 N–H and O–H groups in total. The van der Waals surface area contributed by atoms with Gasteiger partial charge in [-0.15, -0.1) is 0 Å². The van der Waals surface area contributed by atoms with E-state index in [2.05, 4.69) is 18.3 Å². The Morgan fingerprint density at radius 3 is 3.00 bits per heavy atom. The molecule has 1 aromatic carbocycles. The van der Waals surface area contributed by atoms with Crippen molar-refractivity contribution >= 4 is 12.0 Å². The van der Waals surface area contributed by atoms with Gasteiger partial charge in [0.1, 0.15) is 11.5 Å². The van der Waals surface area contributed by atoms with Crippen molar-refractivity contribution in [1.29, 1.82) is 5.26 Å². The highest BCUT2D eigenvalue weighted by molar-refractivity contribution is 5.91. The topological polar surface area (TPSA) is 66.0 Å². The Hall–Kier alpha value is -2.80. The molecular formula is C19H18N2O2. The molecule has 0 radical (unpaired) electrons. The maximum Gasteiger partial charge on any atom is 0.244 e. The van der Waals surface area contributed by atoms with E-state index in [0.29, 0.717) is 29.7 Å². The molecule has 1 amide bonds. The zero-order valence-electron chi connectivity index (χ0n) is 13.0. The third-order valence-corrected chi connectivity index (χ3v) is 4.04. The molecule has 2 unspecified atom stereocenters. The Labute approximate surface area is 135 Å². The Morgan fingerprint density at radius 2 is 2.26 bits per heavy atom. The van der Waals surface area contributed by atoms with Crippen molar-refractivity contribution in [2.45, 2.75) is 25.8 Å². The molecular weight excluding hydrogens is 288 g/mol. The van der Waals surface area contributed by atoms with Crippen LogP contribution in [0.1, 0.15) is 41.9 Å². The van der Waals surface area contributed by atoms with Gasteiger partial charge >= 0.3 is 0 Å². The molecule has 0 spiro atoms. The van der Waals surface area contributed by atoms with Gasteiger partial charge in [0, 0.05) is 18.5 Å². The Bertz CT molecular complexity index is 783. The van der Waals surface area contributed by atoms with Crippen LogP contribution in [0.4, 0.5) is 0 Å². The lowest BCUT2D eigenvalue weighted by Gasteiger charge is -2.02. The van der Waals surface area contributed by atoms with Crippen molar-refractivity contribution in [2.75, 3.05) is 0 Å². The first kappa shape index (κ1) is 15.1. The minimum Gasteiger partial charge on any atom is -0.461 e. The third kappa shape index (κ3) is 3.89. The molecule has 0 bridgehead atoms. The first-order chi connectivity index (χ1) is 11.2. The van der Waals surface area contributed by atoms with Crippen LogP contribution in [0.2, 0.25) is 0 Å². The van der Waals surface area contributed by atoms with E-state index in [1.54, 1.807) is 24.3 Å². The number of carbonyl (C=O) groups is 1. The number of amides is 1. The summed E-state index contributed by atoms with van der Waals surface area (Å²) in [6.45, 7) is 2.60. The van der Waals surface area contributed by atoms with Crippen LogP contribution in [-0.2, 0) is 11.3 Å². The molecule has 1 heterocycles. The molecule has 2 aromatic rings. The number of nitrogens with zero attached hydrogens (tertiary/aromatic N) is 1. The van der Waals surface area contributed by atoms with Crippen LogP contribution in [0, 0.1) is 17.2 Å². The SMILES string of the molecule is CC1CC1c1ccc(/C=C/C(=O)NCc2cccc(C#N)c2)o1. The van der Waals surface area contributed by atoms with Crippen LogP contribution in [-0.4, -0.2) is 5.91 Å². The predicted molar refractivity (Wildman–Crippen MR) is 87.3 cm³/mol. The van der Waals surface area contributed by atoms with Crippen LogP contribution in [0.3, 0.4) is 0 Å². The number of furan rings is 1. The average Bonchev–Trinajstić information content (AvgIpc) is 3.11. The highest BCUT2D eigenvalue weighted by atomic mass is 16.3. The quantitative estimate of drug-likeness (QED) is 0.858. The van der Waals surface area contributed by atoms with E-state index in [9.17, 15) is 4.79 Å². The van der Waals surface area contributed by atoms with E-state index in [4.69, 9.17) is 9.68 Å². The molecule has 2 atom stereocenters. The first-order valence-electron chi connectivity index (χ1n) is 7.70. The summed E-state index contributed by atoms with van der Waals surface area (Å²) in [4.78, 5) is 11.8. The third-order valence-electron chi connectivity index (χ3n) is 4.04. The molecule has 4 nitrogen and oxygen atoms in total. The molecule has 1 aromatic heterocycles. The second-order valence-corrected chi connectivity index (χ2v) is 5.92. The van der Waals surface area contributed by atoms with Crippen molar-refractivity contribution in [3.05, 3.63) is 65.1 Å². The van der Waals surface area contributed by atoms with E-state index in [1.165, 1.54) is 12.5 Å². The lowest BCUT2D eigenvalue weighted by molar-refractivity contribution is -0.116. The maximum atomic E-state index is 11.8. The van der Waals surface area contributed by atoms with Crippen molar-refractivity contribution in [3.63, 3.8) is 0 Å². The highest BCUT2D eigenvalue weighted by Crippen LogP contribution is 2.47. The summed E-state index contributed by atoms with van der Waals surface area (Å²) in [6.07, 6.45) is 4.32. The smallest absolute Gasteiger partial charge is 0.244 e. The second kappa shape index (κ2) is 6.53. The molecule has 1 saturated carbocycles. The van der Waals surface area contributed by atoms with E-state index in [1.807, 2.05) is 18.2 Å². The average molecular weight is 306 g/mol. The zero-order chi connectivity index (χ0) is 16.2. The van der Waals surface area contributed by atoms with Gasteiger partial charge in [-0.2, -0.15) is 5.26 Å². The van der Waals surface area contributed by atoms with Crippen LogP contribution in [0.15, 0.2) is 46.9 Å². The van der Waals surface area contributed by atoms with Gasteiger partial charge in [0.25, 0.3) is 0 Å². The molecule has 116 valence electrons. The fourth-order valence-electron chi connectivity index (χ4n) is 2.53. The second-order valence-electron chi connectivity index (χ2n) is 5.92. The number of nitrogens with one attached hydrogen (secondary N) is 1. The molecule has 1 aliphatic rings. The molecule has 23 heavy (non-hydrogen) atoms. The Morgan fingerprint density at radius 1 is 1.43 bits per heavy atom. The van der Waals surface area contributed by atoms with Crippen molar-refractivity contribution in [1.82, 2.24) is 5.32 Å². The normalized spacial score (nSPS) is 19.5. The van der Waals surface area contributed by atoms with E-state index >= 15 is 0 Å². The number of rotatable bonds is 5. The van der Waals surface area contributed by atoms with Crippen LogP contribution >= 0.6 is 0 Å². The minimum atomic E-state index is -0.190. The lowest BCUT2D eigenvalue weighted by atomic mass is 10.1. The molecule has 0 saturated heterocycles. The van der Waals surface area contributed by atoms with Crippen LogP contribution in [0.5, 0.6) is 0 Å². The Balaban J connectivity index is 1.52. The number of carbonyl (C=O) groups excluding carboxylic acids is 1. The zero-order valence-corrected chi connectivity index (χ0v) is 13.0. The predicted octanol–water partition coefficient (Wildman–Crippen LogP) is 3.60. The van der Waals surface area contributed by atoms with Crippen LogP contribution in [0.25, 0.3) is 6.08 Å². The lowest BCUT2D eigenvalue weighted by Crippen LogP contribution is -2.20. The van der Waals surface area contributed by atoms with Gasteiger partial charge in [0.15, 0.2) is 0 Å². The number of nitriles is 1. The molecule has 1 aliphatic carbocycles. The summed E-state index contributed by atoms with van der Waals surface area (Å²) in [5, 5.41) is 11.6. The number of hydrogen-bond acceptors (Lipinski definition) is 3. The van der Waals surface area contributed by atoms with Crippen molar-refractivity contribution in [2.24, 2.45) is 5.92 Å².